The first-order valence-corrected chi connectivity index (χ1v) is 11.8. The lowest BCUT2D eigenvalue weighted by Crippen LogP contribution is -2.46. The van der Waals surface area contributed by atoms with Crippen molar-refractivity contribution in [1.82, 2.24) is 15.0 Å². The van der Waals surface area contributed by atoms with Crippen LogP contribution >= 0.6 is 0 Å². The molecule has 2 aliphatic carbocycles. The molecule has 3 fully saturated rings. The minimum Gasteiger partial charge on any atom is -0.378 e. The molecule has 0 atom stereocenters. The minimum atomic E-state index is 0.623. The number of hydrogen-bond acceptors (Lipinski definition) is 5. The fourth-order valence-corrected chi connectivity index (χ4v) is 5.58. The van der Waals surface area contributed by atoms with Gasteiger partial charge in [0.25, 0.3) is 0 Å². The Morgan fingerprint density at radius 1 is 0.931 bits per heavy atom. The summed E-state index contributed by atoms with van der Waals surface area (Å²) in [5.41, 5.74) is 2.16. The highest BCUT2D eigenvalue weighted by atomic mass is 16.5. The standard InChI is InChI=1S/C23H35N5O/c1-17-16-20-21(24-17)25-23(27-12-14-29-15-13-27)26-22(20)28(18-8-4-2-5-9-18)19-10-6-3-7-11-19/h16,18-19H,2-15H2,1H3,(H,24,25,26). The number of nitrogens with zero attached hydrogens (tertiary/aromatic N) is 4. The van der Waals surface area contributed by atoms with Crippen LogP contribution in [0.25, 0.3) is 11.0 Å². The number of aromatic amines is 1. The summed E-state index contributed by atoms with van der Waals surface area (Å²) >= 11 is 0. The number of aromatic nitrogens is 3. The zero-order chi connectivity index (χ0) is 19.6. The maximum absolute atomic E-state index is 5.57. The van der Waals surface area contributed by atoms with Gasteiger partial charge < -0.3 is 19.5 Å². The van der Waals surface area contributed by atoms with Crippen LogP contribution in [0, 0.1) is 6.92 Å². The summed E-state index contributed by atoms with van der Waals surface area (Å²) in [5.74, 6) is 2.05. The van der Waals surface area contributed by atoms with Crippen molar-refractivity contribution in [3.8, 4) is 0 Å². The van der Waals surface area contributed by atoms with Crippen molar-refractivity contribution >= 4 is 22.8 Å². The number of aryl methyl sites for hydroxylation is 1. The average Bonchev–Trinajstić information content (AvgIpc) is 3.16. The molecule has 2 aromatic heterocycles. The molecule has 0 bridgehead atoms. The maximum Gasteiger partial charge on any atom is 0.229 e. The molecule has 0 radical (unpaired) electrons. The van der Waals surface area contributed by atoms with Crippen LogP contribution < -0.4 is 9.80 Å². The van der Waals surface area contributed by atoms with Crippen LogP contribution in [0.3, 0.4) is 0 Å². The molecular formula is C23H35N5O. The second-order valence-corrected chi connectivity index (χ2v) is 9.15. The van der Waals surface area contributed by atoms with E-state index in [2.05, 4.69) is 27.8 Å². The van der Waals surface area contributed by atoms with Crippen LogP contribution in [0.5, 0.6) is 0 Å². The summed E-state index contributed by atoms with van der Waals surface area (Å²) < 4.78 is 5.57. The summed E-state index contributed by atoms with van der Waals surface area (Å²) in [7, 11) is 0. The molecule has 158 valence electrons. The molecule has 1 aliphatic heterocycles. The van der Waals surface area contributed by atoms with E-state index in [1.165, 1.54) is 81.1 Å². The van der Waals surface area contributed by atoms with Crippen molar-refractivity contribution < 1.29 is 4.74 Å². The fraction of sp³-hybridized carbons (Fsp3) is 0.739. The van der Waals surface area contributed by atoms with Gasteiger partial charge in [-0.1, -0.05) is 38.5 Å². The van der Waals surface area contributed by atoms with E-state index in [4.69, 9.17) is 14.7 Å². The Hall–Kier alpha value is -1.82. The molecule has 29 heavy (non-hydrogen) atoms. The molecule has 2 saturated carbocycles. The Kier molecular flexibility index (Phi) is 5.62. The third kappa shape index (κ3) is 3.96. The number of rotatable bonds is 4. The highest BCUT2D eigenvalue weighted by Crippen LogP contribution is 2.37. The molecule has 6 nitrogen and oxygen atoms in total. The monoisotopic (exact) mass is 397 g/mol. The molecule has 0 spiro atoms. The van der Waals surface area contributed by atoms with Gasteiger partial charge in [-0.05, 0) is 38.7 Å². The number of anilines is 2. The normalized spacial score (nSPS) is 22.3. The van der Waals surface area contributed by atoms with Gasteiger partial charge in [-0.25, -0.2) is 0 Å². The molecule has 0 aromatic carbocycles. The van der Waals surface area contributed by atoms with Crippen molar-refractivity contribution in [1.29, 1.82) is 0 Å². The summed E-state index contributed by atoms with van der Waals surface area (Å²) in [4.78, 5) is 18.7. The van der Waals surface area contributed by atoms with Gasteiger partial charge in [0, 0.05) is 30.9 Å². The lowest BCUT2D eigenvalue weighted by Gasteiger charge is -2.43. The van der Waals surface area contributed by atoms with Gasteiger partial charge in [-0.3, -0.25) is 0 Å². The van der Waals surface area contributed by atoms with Gasteiger partial charge in [-0.15, -0.1) is 0 Å². The SMILES string of the molecule is Cc1cc2c(N(C3CCCCC3)C3CCCCC3)nc(N3CCOCC3)nc2[nH]1. The first-order chi connectivity index (χ1) is 14.3. The third-order valence-corrected chi connectivity index (χ3v) is 7.06. The first kappa shape index (κ1) is 19.2. The topological polar surface area (TPSA) is 57.3 Å². The van der Waals surface area contributed by atoms with E-state index in [9.17, 15) is 0 Å². The highest BCUT2D eigenvalue weighted by molar-refractivity contribution is 5.90. The minimum absolute atomic E-state index is 0.623. The van der Waals surface area contributed by atoms with Crippen LogP contribution in [0.1, 0.15) is 69.9 Å². The molecule has 1 saturated heterocycles. The molecular weight excluding hydrogens is 362 g/mol. The number of nitrogens with one attached hydrogen (secondary N) is 1. The van der Waals surface area contributed by atoms with Gasteiger partial charge in [0.1, 0.15) is 11.5 Å². The van der Waals surface area contributed by atoms with E-state index < -0.39 is 0 Å². The van der Waals surface area contributed by atoms with Crippen LogP contribution in [-0.4, -0.2) is 53.3 Å². The largest absolute Gasteiger partial charge is 0.378 e. The molecule has 0 unspecified atom stereocenters. The zero-order valence-electron chi connectivity index (χ0n) is 17.8. The molecule has 3 heterocycles. The van der Waals surface area contributed by atoms with Crippen molar-refractivity contribution in [2.45, 2.75) is 83.2 Å². The van der Waals surface area contributed by atoms with Gasteiger partial charge in [0.05, 0.1) is 18.6 Å². The van der Waals surface area contributed by atoms with E-state index >= 15 is 0 Å². The van der Waals surface area contributed by atoms with E-state index in [1.807, 2.05) is 0 Å². The van der Waals surface area contributed by atoms with Crippen molar-refractivity contribution in [2.75, 3.05) is 36.1 Å². The number of H-pyrrole nitrogens is 1. The zero-order valence-corrected chi connectivity index (χ0v) is 17.8. The number of morpholine rings is 1. The maximum atomic E-state index is 5.57. The Morgan fingerprint density at radius 2 is 1.55 bits per heavy atom. The molecule has 6 heteroatoms. The smallest absolute Gasteiger partial charge is 0.229 e. The predicted octanol–water partition coefficient (Wildman–Crippen LogP) is 4.57. The molecule has 1 N–H and O–H groups in total. The van der Waals surface area contributed by atoms with Crippen LogP contribution in [-0.2, 0) is 4.74 Å². The van der Waals surface area contributed by atoms with E-state index in [0.717, 1.165) is 37.9 Å². The number of hydrogen-bond donors (Lipinski definition) is 1. The lowest BCUT2D eigenvalue weighted by molar-refractivity contribution is 0.122. The summed E-state index contributed by atoms with van der Waals surface area (Å²) in [5, 5.41) is 1.20. The van der Waals surface area contributed by atoms with Crippen LogP contribution in [0.2, 0.25) is 0 Å². The van der Waals surface area contributed by atoms with E-state index in [1.54, 1.807) is 0 Å². The Morgan fingerprint density at radius 3 is 2.17 bits per heavy atom. The second kappa shape index (κ2) is 8.50. The molecule has 2 aromatic rings. The van der Waals surface area contributed by atoms with Gasteiger partial charge in [-0.2, -0.15) is 9.97 Å². The van der Waals surface area contributed by atoms with Gasteiger partial charge in [0.15, 0.2) is 0 Å². The highest BCUT2D eigenvalue weighted by Gasteiger charge is 2.32. The van der Waals surface area contributed by atoms with Gasteiger partial charge in [0.2, 0.25) is 5.95 Å². The summed E-state index contributed by atoms with van der Waals surface area (Å²) in [6.45, 7) is 5.39. The fourth-order valence-electron chi connectivity index (χ4n) is 5.58. The Bertz CT molecular complexity index is 798. The summed E-state index contributed by atoms with van der Waals surface area (Å²) in [6, 6.07) is 3.50. The quantitative estimate of drug-likeness (QED) is 0.819. The van der Waals surface area contributed by atoms with Crippen molar-refractivity contribution in [2.24, 2.45) is 0 Å². The van der Waals surface area contributed by atoms with Gasteiger partial charge >= 0.3 is 0 Å². The van der Waals surface area contributed by atoms with Crippen molar-refractivity contribution in [3.63, 3.8) is 0 Å². The molecule has 0 amide bonds. The third-order valence-electron chi connectivity index (χ3n) is 7.06. The summed E-state index contributed by atoms with van der Waals surface area (Å²) in [6.07, 6.45) is 13.4. The van der Waals surface area contributed by atoms with Crippen LogP contribution in [0.4, 0.5) is 11.8 Å². The van der Waals surface area contributed by atoms with E-state index in [0.29, 0.717) is 12.1 Å². The van der Waals surface area contributed by atoms with Crippen molar-refractivity contribution in [3.05, 3.63) is 11.8 Å². The first-order valence-electron chi connectivity index (χ1n) is 11.8. The number of fused-ring (bicyclic) bond motifs is 1. The number of ether oxygens (including phenoxy) is 1. The lowest BCUT2D eigenvalue weighted by atomic mass is 9.88. The second-order valence-electron chi connectivity index (χ2n) is 9.15. The molecule has 3 aliphatic rings. The van der Waals surface area contributed by atoms with E-state index in [-0.39, 0.29) is 0 Å². The predicted molar refractivity (Wildman–Crippen MR) is 118 cm³/mol. The Labute approximate surface area is 174 Å². The average molecular weight is 398 g/mol. The molecule has 5 rings (SSSR count). The van der Waals surface area contributed by atoms with Crippen LogP contribution in [0.15, 0.2) is 6.07 Å². The Balaban J connectivity index is 1.59.